The molecular formula is C22H25ClF2N4O2. The molecular weight excluding hydrogens is 426 g/mol. The van der Waals surface area contributed by atoms with Gasteiger partial charge in [-0.3, -0.25) is 0 Å². The van der Waals surface area contributed by atoms with Crippen LogP contribution in [0.25, 0.3) is 16.9 Å². The molecule has 0 radical (unpaired) electrons. The van der Waals surface area contributed by atoms with E-state index in [-0.39, 0.29) is 41.2 Å². The topological polar surface area (TPSA) is 72.5 Å². The highest BCUT2D eigenvalue weighted by atomic mass is 35.5. The van der Waals surface area contributed by atoms with Gasteiger partial charge in [0.15, 0.2) is 0 Å². The van der Waals surface area contributed by atoms with Crippen LogP contribution in [0.2, 0.25) is 5.15 Å². The zero-order valence-electron chi connectivity index (χ0n) is 17.2. The lowest BCUT2D eigenvalue weighted by atomic mass is 9.85. The molecule has 4 rings (SSSR count). The SMILES string of the molecule is OCCCOc1cc(F)c(-c2c(Cl)nc3ncnn3c2C2CCCCCCC2)c(F)c1. The number of nitrogens with zero attached hydrogens (tertiary/aromatic N) is 4. The molecule has 2 heterocycles. The lowest BCUT2D eigenvalue weighted by Gasteiger charge is -2.24. The molecule has 0 spiro atoms. The summed E-state index contributed by atoms with van der Waals surface area (Å²) in [7, 11) is 0. The number of ether oxygens (including phenoxy) is 1. The Bertz CT molecular complexity index is 1030. The third kappa shape index (κ3) is 4.65. The van der Waals surface area contributed by atoms with E-state index in [1.165, 1.54) is 12.7 Å². The van der Waals surface area contributed by atoms with Crippen LogP contribution in [0.5, 0.6) is 5.75 Å². The molecule has 0 unspecified atom stereocenters. The fourth-order valence-electron chi connectivity index (χ4n) is 4.30. The normalized spacial score (nSPS) is 15.7. The number of aromatic nitrogens is 4. The second-order valence-electron chi connectivity index (χ2n) is 7.86. The van der Waals surface area contributed by atoms with E-state index in [4.69, 9.17) is 21.4 Å². The number of hydrogen-bond acceptors (Lipinski definition) is 5. The molecule has 0 saturated heterocycles. The van der Waals surface area contributed by atoms with Crippen molar-refractivity contribution in [3.8, 4) is 16.9 Å². The van der Waals surface area contributed by atoms with E-state index in [1.807, 2.05) is 0 Å². The first-order valence-electron chi connectivity index (χ1n) is 10.7. The monoisotopic (exact) mass is 450 g/mol. The maximum absolute atomic E-state index is 15.2. The molecule has 31 heavy (non-hydrogen) atoms. The van der Waals surface area contributed by atoms with Gasteiger partial charge < -0.3 is 9.84 Å². The average molecular weight is 451 g/mol. The van der Waals surface area contributed by atoms with E-state index < -0.39 is 11.6 Å². The summed E-state index contributed by atoms with van der Waals surface area (Å²) in [6, 6.07) is 2.28. The van der Waals surface area contributed by atoms with Gasteiger partial charge in [0.05, 0.1) is 17.9 Å². The number of aliphatic hydroxyl groups is 1. The van der Waals surface area contributed by atoms with Gasteiger partial charge in [-0.15, -0.1) is 0 Å². The smallest absolute Gasteiger partial charge is 0.253 e. The zero-order chi connectivity index (χ0) is 21.8. The number of hydrogen-bond donors (Lipinski definition) is 1. The van der Waals surface area contributed by atoms with E-state index in [9.17, 15) is 0 Å². The van der Waals surface area contributed by atoms with Crippen LogP contribution < -0.4 is 4.74 Å². The first-order chi connectivity index (χ1) is 15.1. The molecule has 166 valence electrons. The summed E-state index contributed by atoms with van der Waals surface area (Å²) in [5, 5.41) is 13.2. The van der Waals surface area contributed by atoms with Crippen LogP contribution in [-0.4, -0.2) is 37.9 Å². The molecule has 9 heteroatoms. The first kappa shape index (κ1) is 21.9. The Morgan fingerprint density at radius 2 is 1.74 bits per heavy atom. The zero-order valence-corrected chi connectivity index (χ0v) is 17.9. The second-order valence-corrected chi connectivity index (χ2v) is 8.22. The van der Waals surface area contributed by atoms with Gasteiger partial charge in [0.1, 0.15) is 28.9 Å². The molecule has 0 bridgehead atoms. The molecule has 3 aromatic rings. The number of halogens is 3. The summed E-state index contributed by atoms with van der Waals surface area (Å²) in [6.07, 6.45) is 9.04. The third-order valence-electron chi connectivity index (χ3n) is 5.75. The fourth-order valence-corrected chi connectivity index (χ4v) is 4.57. The molecule has 1 N–H and O–H groups in total. The largest absolute Gasteiger partial charge is 0.493 e. The van der Waals surface area contributed by atoms with Gasteiger partial charge in [0, 0.05) is 36.6 Å². The summed E-state index contributed by atoms with van der Waals surface area (Å²) < 4.78 is 37.3. The predicted octanol–water partition coefficient (Wildman–Crippen LogP) is 5.31. The highest BCUT2D eigenvalue weighted by molar-refractivity contribution is 6.32. The maximum atomic E-state index is 15.2. The molecule has 0 amide bonds. The van der Waals surface area contributed by atoms with Gasteiger partial charge in [-0.2, -0.15) is 15.1 Å². The van der Waals surface area contributed by atoms with Crippen molar-refractivity contribution in [3.05, 3.63) is 40.9 Å². The highest BCUT2D eigenvalue weighted by Crippen LogP contribution is 2.42. The standard InChI is InChI=1S/C22H25ClF2N4O2/c23-21-19(18-16(24)11-15(12-17(18)25)31-10-6-9-30)20(29-22(28-21)26-13-27-29)14-7-4-2-1-3-5-8-14/h11-14,30H,1-10H2. The van der Waals surface area contributed by atoms with Crippen molar-refractivity contribution in [2.24, 2.45) is 0 Å². The van der Waals surface area contributed by atoms with E-state index in [0.29, 0.717) is 17.9 Å². The van der Waals surface area contributed by atoms with E-state index in [2.05, 4.69) is 15.1 Å². The summed E-state index contributed by atoms with van der Waals surface area (Å²) >= 11 is 6.49. The maximum Gasteiger partial charge on any atom is 0.253 e. The van der Waals surface area contributed by atoms with E-state index in [0.717, 1.165) is 50.7 Å². The van der Waals surface area contributed by atoms with Gasteiger partial charge in [0.2, 0.25) is 0 Å². The fraction of sp³-hybridized carbons (Fsp3) is 0.500. The van der Waals surface area contributed by atoms with Crippen molar-refractivity contribution < 1.29 is 18.6 Å². The number of rotatable bonds is 6. The average Bonchev–Trinajstić information content (AvgIpc) is 3.16. The third-order valence-corrected chi connectivity index (χ3v) is 6.02. The summed E-state index contributed by atoms with van der Waals surface area (Å²) in [5.74, 6) is -1.15. The van der Waals surface area contributed by atoms with Crippen LogP contribution in [0, 0.1) is 11.6 Å². The number of fused-ring (bicyclic) bond motifs is 1. The van der Waals surface area contributed by atoms with Crippen molar-refractivity contribution in [3.63, 3.8) is 0 Å². The summed E-state index contributed by atoms with van der Waals surface area (Å²) in [5.41, 5.74) is 0.643. The molecule has 0 atom stereocenters. The molecule has 6 nitrogen and oxygen atoms in total. The Morgan fingerprint density at radius 3 is 2.42 bits per heavy atom. The van der Waals surface area contributed by atoms with Crippen molar-refractivity contribution in [1.29, 1.82) is 0 Å². The van der Waals surface area contributed by atoms with E-state index in [1.54, 1.807) is 4.52 Å². The second kappa shape index (κ2) is 9.87. The summed E-state index contributed by atoms with van der Waals surface area (Å²) in [6.45, 7) is 0.0995. The Hall–Kier alpha value is -2.32. The van der Waals surface area contributed by atoms with Crippen molar-refractivity contribution in [1.82, 2.24) is 19.6 Å². The van der Waals surface area contributed by atoms with Gasteiger partial charge in [0.25, 0.3) is 5.78 Å². The molecule has 1 aromatic carbocycles. The lowest BCUT2D eigenvalue weighted by Crippen LogP contribution is -2.13. The molecule has 1 saturated carbocycles. The van der Waals surface area contributed by atoms with Gasteiger partial charge in [-0.1, -0.05) is 43.7 Å². The molecule has 1 fully saturated rings. The lowest BCUT2D eigenvalue weighted by molar-refractivity contribution is 0.233. The Balaban J connectivity index is 1.84. The Morgan fingerprint density at radius 1 is 1.06 bits per heavy atom. The van der Waals surface area contributed by atoms with Gasteiger partial charge >= 0.3 is 0 Å². The molecule has 0 aliphatic heterocycles. The minimum atomic E-state index is -0.783. The predicted molar refractivity (Wildman–Crippen MR) is 113 cm³/mol. The van der Waals surface area contributed by atoms with Crippen molar-refractivity contribution in [2.75, 3.05) is 13.2 Å². The van der Waals surface area contributed by atoms with Gasteiger partial charge in [-0.05, 0) is 12.8 Å². The minimum Gasteiger partial charge on any atom is -0.493 e. The molecule has 1 aliphatic rings. The van der Waals surface area contributed by atoms with E-state index >= 15 is 8.78 Å². The number of benzene rings is 1. The quantitative estimate of drug-likeness (QED) is 0.407. The van der Waals surface area contributed by atoms with Crippen molar-refractivity contribution >= 4 is 17.4 Å². The van der Waals surface area contributed by atoms with Crippen LogP contribution >= 0.6 is 11.6 Å². The van der Waals surface area contributed by atoms with Gasteiger partial charge in [-0.25, -0.2) is 13.3 Å². The van der Waals surface area contributed by atoms with Crippen LogP contribution in [0.3, 0.4) is 0 Å². The summed E-state index contributed by atoms with van der Waals surface area (Å²) in [4.78, 5) is 8.38. The Kier molecular flexibility index (Phi) is 6.97. The highest BCUT2D eigenvalue weighted by Gasteiger charge is 2.28. The van der Waals surface area contributed by atoms with Crippen LogP contribution in [0.4, 0.5) is 8.78 Å². The van der Waals surface area contributed by atoms with Crippen LogP contribution in [0.15, 0.2) is 18.5 Å². The van der Waals surface area contributed by atoms with Crippen LogP contribution in [0.1, 0.15) is 63.0 Å². The van der Waals surface area contributed by atoms with Crippen molar-refractivity contribution in [2.45, 2.75) is 57.3 Å². The minimum absolute atomic E-state index is 0.00399. The van der Waals surface area contributed by atoms with Crippen LogP contribution in [-0.2, 0) is 0 Å². The molecule has 1 aliphatic carbocycles. The number of aliphatic hydroxyl groups excluding tert-OH is 1. The first-order valence-corrected chi connectivity index (χ1v) is 11.1. The Labute approximate surface area is 184 Å². The molecule has 2 aromatic heterocycles.